The zero-order valence-corrected chi connectivity index (χ0v) is 25.0. The number of halogens is 4. The second-order valence-electron chi connectivity index (χ2n) is 11.0. The van der Waals surface area contributed by atoms with E-state index in [-0.39, 0.29) is 65.9 Å². The number of benzene rings is 2. The number of hydrogen-bond acceptors (Lipinski definition) is 6. The first-order chi connectivity index (χ1) is 20.5. The van der Waals surface area contributed by atoms with E-state index in [2.05, 4.69) is 11.6 Å². The van der Waals surface area contributed by atoms with Crippen molar-refractivity contribution in [2.45, 2.75) is 49.5 Å². The van der Waals surface area contributed by atoms with Crippen molar-refractivity contribution < 1.29 is 22.4 Å². The van der Waals surface area contributed by atoms with E-state index in [0.29, 0.717) is 16.2 Å². The Morgan fingerprint density at radius 3 is 2.40 bits per heavy atom. The molecule has 3 atom stereocenters. The van der Waals surface area contributed by atoms with Crippen LogP contribution < -0.4 is 10.6 Å². The maximum atomic E-state index is 14.9. The Morgan fingerprint density at radius 1 is 1.09 bits per heavy atom. The number of thiophene rings is 1. The number of rotatable bonds is 4. The number of carbonyl (C=O) groups is 1. The van der Waals surface area contributed by atoms with Crippen molar-refractivity contribution in [3.8, 4) is 11.1 Å². The van der Waals surface area contributed by atoms with Gasteiger partial charge in [-0.3, -0.25) is 9.36 Å². The number of hydrogen-bond donors (Lipinski definition) is 0. The summed E-state index contributed by atoms with van der Waals surface area (Å²) in [6.45, 7) is 8.08. The van der Waals surface area contributed by atoms with E-state index in [9.17, 15) is 27.2 Å². The van der Waals surface area contributed by atoms with Crippen LogP contribution in [0.3, 0.4) is 0 Å². The molecule has 0 N–H and O–H groups in total. The van der Waals surface area contributed by atoms with Crippen LogP contribution in [0.1, 0.15) is 30.9 Å². The van der Waals surface area contributed by atoms with Gasteiger partial charge >= 0.3 is 11.9 Å². The summed E-state index contributed by atoms with van der Waals surface area (Å²) in [6.07, 6.45) is -3.51. The van der Waals surface area contributed by atoms with Crippen LogP contribution in [0.25, 0.3) is 22.0 Å². The van der Waals surface area contributed by atoms with Crippen molar-refractivity contribution in [1.82, 2.24) is 14.5 Å². The first kappa shape index (κ1) is 29.4. The van der Waals surface area contributed by atoms with Crippen LogP contribution >= 0.6 is 23.1 Å². The van der Waals surface area contributed by atoms with Crippen LogP contribution in [-0.4, -0.2) is 51.3 Å². The topological polar surface area (TPSA) is 58.4 Å². The molecule has 0 unspecified atom stereocenters. The van der Waals surface area contributed by atoms with Gasteiger partial charge in [-0.1, -0.05) is 18.7 Å². The second kappa shape index (κ2) is 11.1. The number of aromatic nitrogens is 2. The van der Waals surface area contributed by atoms with Crippen LogP contribution in [0, 0.1) is 5.82 Å². The molecule has 0 radical (unpaired) electrons. The summed E-state index contributed by atoms with van der Waals surface area (Å²) in [5.74, 6) is -0.336. The van der Waals surface area contributed by atoms with Gasteiger partial charge in [-0.25, -0.2) is 9.18 Å². The Morgan fingerprint density at radius 2 is 1.79 bits per heavy atom. The minimum absolute atomic E-state index is 0.0793. The first-order valence-electron chi connectivity index (χ1n) is 13.8. The average molecular weight is 629 g/mol. The SMILES string of the molecule is C=CC(=O)N1[C@H](C)CN(c2nc(=O)n3c4c(c(-c5ccc(F)cc5)c(C(F)(F)F)cc24)SC[C@@H](c2ccsc2)C3)C[C@@H]1C. The lowest BCUT2D eigenvalue weighted by molar-refractivity contribution is -0.137. The molecule has 2 aliphatic heterocycles. The molecule has 224 valence electrons. The zero-order chi connectivity index (χ0) is 30.6. The zero-order valence-electron chi connectivity index (χ0n) is 23.4. The van der Waals surface area contributed by atoms with Gasteiger partial charge in [0.25, 0.3) is 0 Å². The number of carbonyl (C=O) groups excluding carboxylic acids is 1. The maximum absolute atomic E-state index is 14.9. The Bertz CT molecular complexity index is 1760. The van der Waals surface area contributed by atoms with Crippen LogP contribution in [-0.2, 0) is 17.5 Å². The Hall–Kier alpha value is -3.64. The molecule has 2 aromatic heterocycles. The molecular formula is C31H28F4N4O2S2. The second-order valence-corrected chi connectivity index (χ2v) is 12.8. The van der Waals surface area contributed by atoms with Crippen LogP contribution in [0.4, 0.5) is 23.4 Å². The number of alkyl halides is 3. The molecule has 6 rings (SSSR count). The van der Waals surface area contributed by atoms with Gasteiger partial charge in [0.05, 0.1) is 11.1 Å². The molecular weight excluding hydrogens is 600 g/mol. The summed E-state index contributed by atoms with van der Waals surface area (Å²) >= 11 is 2.79. The highest BCUT2D eigenvalue weighted by Crippen LogP contribution is 2.49. The van der Waals surface area contributed by atoms with E-state index in [0.717, 1.165) is 23.8 Å². The Labute approximate surface area is 253 Å². The van der Waals surface area contributed by atoms with Gasteiger partial charge in [0.2, 0.25) is 5.91 Å². The van der Waals surface area contributed by atoms with Crippen molar-refractivity contribution in [3.63, 3.8) is 0 Å². The number of piperazine rings is 1. The van der Waals surface area contributed by atoms with E-state index in [1.54, 1.807) is 9.80 Å². The van der Waals surface area contributed by atoms with E-state index < -0.39 is 23.2 Å². The molecule has 1 amide bonds. The van der Waals surface area contributed by atoms with Crippen molar-refractivity contribution in [3.05, 3.63) is 87.2 Å². The number of anilines is 1. The fourth-order valence-electron chi connectivity index (χ4n) is 6.27. The average Bonchev–Trinajstić information content (AvgIpc) is 3.42. The molecule has 2 aromatic carbocycles. The summed E-state index contributed by atoms with van der Waals surface area (Å²) in [4.78, 5) is 34.5. The van der Waals surface area contributed by atoms with Crippen LogP contribution in [0.15, 0.2) is 69.5 Å². The molecule has 12 heteroatoms. The van der Waals surface area contributed by atoms with Crippen molar-refractivity contribution in [2.75, 3.05) is 23.7 Å². The number of nitrogens with zero attached hydrogens (tertiary/aromatic N) is 4. The highest BCUT2D eigenvalue weighted by molar-refractivity contribution is 7.99. The molecule has 1 saturated heterocycles. The third-order valence-corrected chi connectivity index (χ3v) is 10.1. The molecule has 0 bridgehead atoms. The van der Waals surface area contributed by atoms with Crippen molar-refractivity contribution >= 4 is 45.7 Å². The van der Waals surface area contributed by atoms with Crippen LogP contribution in [0.2, 0.25) is 0 Å². The van der Waals surface area contributed by atoms with E-state index in [4.69, 9.17) is 0 Å². The monoisotopic (exact) mass is 628 g/mol. The van der Waals surface area contributed by atoms with Gasteiger partial charge in [-0.2, -0.15) is 29.5 Å². The molecule has 0 aliphatic carbocycles. The number of thioether (sulfide) groups is 1. The standard InChI is InChI=1S/C31H28F4N4O2S2/c1-4-25(40)39-17(2)12-37(13-18(39)3)29-23-11-24(31(33,34)35)26(19-5-7-22(32)8-6-19)28-27(23)38(30(41)36-29)14-21(16-43-28)20-9-10-42-15-20/h4-11,15,17-18,21H,1,12-14,16H2,2-3H3/t17-,18+,21-/m0/s1. The summed E-state index contributed by atoms with van der Waals surface area (Å²) in [5, 5.41) is 4.14. The highest BCUT2D eigenvalue weighted by atomic mass is 32.2. The van der Waals surface area contributed by atoms with Crippen LogP contribution in [0.5, 0.6) is 0 Å². The molecule has 0 spiro atoms. The Kier molecular flexibility index (Phi) is 7.62. The normalized spacial score (nSPS) is 20.7. The smallest absolute Gasteiger partial charge is 0.352 e. The largest absolute Gasteiger partial charge is 0.417 e. The lowest BCUT2D eigenvalue weighted by atomic mass is 9.96. The summed E-state index contributed by atoms with van der Waals surface area (Å²) in [5.41, 5.74) is 0.0844. The van der Waals surface area contributed by atoms with Gasteiger partial charge in [0.15, 0.2) is 0 Å². The number of amides is 1. The van der Waals surface area contributed by atoms with Crippen molar-refractivity contribution in [1.29, 1.82) is 0 Å². The van der Waals surface area contributed by atoms with E-state index in [1.165, 1.54) is 45.9 Å². The van der Waals surface area contributed by atoms with E-state index >= 15 is 0 Å². The van der Waals surface area contributed by atoms with Gasteiger partial charge in [0.1, 0.15) is 11.6 Å². The predicted molar refractivity (Wildman–Crippen MR) is 162 cm³/mol. The fraction of sp³-hybridized carbons (Fsp3) is 0.323. The molecule has 4 heterocycles. The lowest BCUT2D eigenvalue weighted by Gasteiger charge is -2.44. The highest BCUT2D eigenvalue weighted by Gasteiger charge is 2.40. The third-order valence-electron chi connectivity index (χ3n) is 8.13. The quantitative estimate of drug-likeness (QED) is 0.184. The Balaban J connectivity index is 1.63. The predicted octanol–water partition coefficient (Wildman–Crippen LogP) is 6.78. The van der Waals surface area contributed by atoms with Crippen molar-refractivity contribution in [2.24, 2.45) is 0 Å². The third kappa shape index (κ3) is 5.24. The molecule has 43 heavy (non-hydrogen) atoms. The minimum atomic E-state index is -4.75. The first-order valence-corrected chi connectivity index (χ1v) is 15.7. The summed E-state index contributed by atoms with van der Waals surface area (Å²) < 4.78 is 60.1. The maximum Gasteiger partial charge on any atom is 0.417 e. The van der Waals surface area contributed by atoms with E-state index in [1.807, 2.05) is 30.7 Å². The molecule has 6 nitrogen and oxygen atoms in total. The summed E-state index contributed by atoms with van der Waals surface area (Å²) in [7, 11) is 0. The fourth-order valence-corrected chi connectivity index (χ4v) is 8.41. The molecule has 1 fully saturated rings. The molecule has 4 aromatic rings. The lowest BCUT2D eigenvalue weighted by Crippen LogP contribution is -2.58. The van der Waals surface area contributed by atoms with Gasteiger partial charge in [0, 0.05) is 59.2 Å². The molecule has 0 saturated carbocycles. The van der Waals surface area contributed by atoms with Gasteiger partial charge in [-0.15, -0.1) is 11.8 Å². The molecule has 2 aliphatic rings. The van der Waals surface area contributed by atoms with Gasteiger partial charge in [-0.05, 0) is 66.1 Å². The van der Waals surface area contributed by atoms with Gasteiger partial charge < -0.3 is 9.80 Å². The minimum Gasteiger partial charge on any atom is -0.352 e. The summed E-state index contributed by atoms with van der Waals surface area (Å²) in [6, 6.07) is 7.40.